The van der Waals surface area contributed by atoms with Gasteiger partial charge in [0.1, 0.15) is 5.69 Å². The van der Waals surface area contributed by atoms with Gasteiger partial charge in [0.15, 0.2) is 6.07 Å². The molecule has 0 spiro atoms. The molecule has 0 saturated carbocycles. The predicted octanol–water partition coefficient (Wildman–Crippen LogP) is 3.13. The summed E-state index contributed by atoms with van der Waals surface area (Å²) in [5.41, 5.74) is 1.41. The average molecular weight is 390 g/mol. The second kappa shape index (κ2) is 9.14. The molecule has 27 heavy (non-hydrogen) atoms. The molecule has 0 aliphatic carbocycles. The van der Waals surface area contributed by atoms with E-state index in [4.69, 9.17) is 16.3 Å². The van der Waals surface area contributed by atoms with Gasteiger partial charge < -0.3 is 15.4 Å². The summed E-state index contributed by atoms with van der Waals surface area (Å²) < 4.78 is 4.72. The Morgan fingerprint density at radius 3 is 2.56 bits per heavy atom. The first-order valence-electron chi connectivity index (χ1n) is 8.25. The molecule has 0 radical (unpaired) electrons. The third-order valence-electron chi connectivity index (χ3n) is 3.46. The molecule has 2 N–H and O–H groups in total. The van der Waals surface area contributed by atoms with Crippen molar-refractivity contribution in [2.24, 2.45) is 0 Å². The number of nitrogens with zero attached hydrogens (tertiary/aromatic N) is 1. The van der Waals surface area contributed by atoms with E-state index in [1.54, 1.807) is 37.3 Å². The first kappa shape index (κ1) is 20.4. The highest BCUT2D eigenvalue weighted by Crippen LogP contribution is 2.15. The molecule has 7 nitrogen and oxygen atoms in total. The number of hydrogen-bond acceptors (Lipinski definition) is 5. The largest absolute Gasteiger partial charge is 0.446 e. The number of carbonyl (C=O) groups is 3. The van der Waals surface area contributed by atoms with Gasteiger partial charge in [0.05, 0.1) is 11.1 Å². The second-order valence-electron chi connectivity index (χ2n) is 6.05. The van der Waals surface area contributed by atoms with E-state index in [0.29, 0.717) is 11.4 Å². The summed E-state index contributed by atoms with van der Waals surface area (Å²) in [5, 5.41) is 5.39. The van der Waals surface area contributed by atoms with Gasteiger partial charge in [-0.3, -0.25) is 9.59 Å². The second-order valence-corrected chi connectivity index (χ2v) is 6.27. The number of halogens is 1. The minimum atomic E-state index is -0.602. The number of hydrogen-bond donors (Lipinski definition) is 2. The zero-order valence-electron chi connectivity index (χ0n) is 15.2. The number of benzene rings is 1. The van der Waals surface area contributed by atoms with Gasteiger partial charge in [0, 0.05) is 17.4 Å². The van der Waals surface area contributed by atoms with Gasteiger partial charge >= 0.3 is 5.97 Å². The predicted molar refractivity (Wildman–Crippen MR) is 102 cm³/mol. The molecule has 2 amide bonds. The standard InChI is InChI=1S/C19H20ClN3O4/c1-11(2)21-18(25)16-15(8-7-12(3)22-16)17(24)23-14-6-4-5-13(9-14)19(26)27-10-20/h4-9,11H,10H2,1-3H3,(H,21,25)(H,23,24). The maximum Gasteiger partial charge on any atom is 0.339 e. The number of pyridine rings is 1. The van der Waals surface area contributed by atoms with Crippen molar-refractivity contribution in [2.45, 2.75) is 26.8 Å². The monoisotopic (exact) mass is 389 g/mol. The van der Waals surface area contributed by atoms with Gasteiger partial charge in [0.2, 0.25) is 0 Å². The summed E-state index contributed by atoms with van der Waals surface area (Å²) in [6.45, 7) is 5.37. The molecular formula is C19H20ClN3O4. The summed E-state index contributed by atoms with van der Waals surface area (Å²) >= 11 is 5.39. The summed E-state index contributed by atoms with van der Waals surface area (Å²) in [6, 6.07) is 9.04. The summed E-state index contributed by atoms with van der Waals surface area (Å²) in [5.74, 6) is -1.55. The maximum absolute atomic E-state index is 12.7. The van der Waals surface area contributed by atoms with E-state index < -0.39 is 17.8 Å². The van der Waals surface area contributed by atoms with Crippen molar-refractivity contribution in [3.05, 3.63) is 58.9 Å². The molecule has 2 aromatic rings. The summed E-state index contributed by atoms with van der Waals surface area (Å²) in [4.78, 5) is 41.0. The Morgan fingerprint density at radius 2 is 1.89 bits per heavy atom. The van der Waals surface area contributed by atoms with Gasteiger partial charge in [-0.2, -0.15) is 0 Å². The lowest BCUT2D eigenvalue weighted by atomic mass is 10.1. The quantitative estimate of drug-likeness (QED) is 0.584. The van der Waals surface area contributed by atoms with E-state index in [0.717, 1.165) is 0 Å². The number of aromatic nitrogens is 1. The van der Waals surface area contributed by atoms with E-state index in [2.05, 4.69) is 15.6 Å². The number of carbonyl (C=O) groups excluding carboxylic acids is 3. The van der Waals surface area contributed by atoms with Crippen LogP contribution in [0.1, 0.15) is 50.7 Å². The van der Waals surface area contributed by atoms with Crippen molar-refractivity contribution < 1.29 is 19.1 Å². The van der Waals surface area contributed by atoms with Crippen LogP contribution in [0, 0.1) is 6.92 Å². The van der Waals surface area contributed by atoms with E-state index >= 15 is 0 Å². The third-order valence-corrected chi connectivity index (χ3v) is 3.56. The first-order valence-corrected chi connectivity index (χ1v) is 8.78. The van der Waals surface area contributed by atoms with Crippen LogP contribution >= 0.6 is 11.6 Å². The van der Waals surface area contributed by atoms with Crippen LogP contribution < -0.4 is 10.6 Å². The number of nitrogens with one attached hydrogen (secondary N) is 2. The number of rotatable bonds is 6. The molecule has 1 heterocycles. The number of anilines is 1. The third kappa shape index (κ3) is 5.52. The zero-order chi connectivity index (χ0) is 20.0. The molecule has 0 aliphatic rings. The Bertz CT molecular complexity index is 868. The molecule has 8 heteroatoms. The van der Waals surface area contributed by atoms with E-state index in [1.165, 1.54) is 6.07 Å². The van der Waals surface area contributed by atoms with Gasteiger partial charge in [-0.25, -0.2) is 9.78 Å². The fourth-order valence-corrected chi connectivity index (χ4v) is 2.40. The Balaban J connectivity index is 2.27. The van der Waals surface area contributed by atoms with Gasteiger partial charge in [0.25, 0.3) is 11.8 Å². The number of ether oxygens (including phenoxy) is 1. The minimum absolute atomic E-state index is 0.0407. The number of amides is 2. The molecule has 0 fully saturated rings. The van der Waals surface area contributed by atoms with Crippen LogP contribution in [0.2, 0.25) is 0 Å². The van der Waals surface area contributed by atoms with Crippen LogP contribution in [0.15, 0.2) is 36.4 Å². The highest BCUT2D eigenvalue weighted by Gasteiger charge is 2.20. The van der Waals surface area contributed by atoms with Gasteiger partial charge in [-0.05, 0) is 51.1 Å². The van der Waals surface area contributed by atoms with Crippen LogP contribution in [0.3, 0.4) is 0 Å². The molecule has 0 unspecified atom stereocenters. The molecule has 0 bridgehead atoms. The number of aryl methyl sites for hydroxylation is 1. The Kier molecular flexibility index (Phi) is 6.90. The zero-order valence-corrected chi connectivity index (χ0v) is 16.0. The Hall–Kier alpha value is -2.93. The van der Waals surface area contributed by atoms with Crippen molar-refractivity contribution in [2.75, 3.05) is 11.4 Å². The van der Waals surface area contributed by atoms with Crippen molar-refractivity contribution in [3.63, 3.8) is 0 Å². The lowest BCUT2D eigenvalue weighted by Gasteiger charge is -2.13. The molecule has 1 aromatic carbocycles. The lowest BCUT2D eigenvalue weighted by molar-refractivity contribution is 0.0574. The van der Waals surface area contributed by atoms with Crippen LogP contribution in [-0.2, 0) is 4.74 Å². The number of esters is 1. The summed E-state index contributed by atoms with van der Waals surface area (Å²) in [7, 11) is 0. The molecule has 1 aromatic heterocycles. The minimum Gasteiger partial charge on any atom is -0.446 e. The maximum atomic E-state index is 12.7. The molecular weight excluding hydrogens is 370 g/mol. The molecule has 0 atom stereocenters. The highest BCUT2D eigenvalue weighted by atomic mass is 35.5. The topological polar surface area (TPSA) is 97.4 Å². The van der Waals surface area contributed by atoms with Gasteiger partial charge in [-0.15, -0.1) is 0 Å². The van der Waals surface area contributed by atoms with Gasteiger partial charge in [-0.1, -0.05) is 17.7 Å². The Morgan fingerprint density at radius 1 is 1.15 bits per heavy atom. The fraction of sp³-hybridized carbons (Fsp3) is 0.263. The highest BCUT2D eigenvalue weighted by molar-refractivity contribution is 6.17. The van der Waals surface area contributed by atoms with Crippen LogP contribution in [0.25, 0.3) is 0 Å². The van der Waals surface area contributed by atoms with Crippen LogP contribution in [-0.4, -0.2) is 34.9 Å². The van der Waals surface area contributed by atoms with E-state index in [1.807, 2.05) is 13.8 Å². The first-order chi connectivity index (χ1) is 12.8. The van der Waals surface area contributed by atoms with E-state index in [-0.39, 0.29) is 28.9 Å². The molecule has 0 saturated heterocycles. The van der Waals surface area contributed by atoms with Crippen LogP contribution in [0.4, 0.5) is 5.69 Å². The van der Waals surface area contributed by atoms with E-state index in [9.17, 15) is 14.4 Å². The molecule has 0 aliphatic heterocycles. The van der Waals surface area contributed by atoms with Crippen molar-refractivity contribution in [3.8, 4) is 0 Å². The SMILES string of the molecule is Cc1ccc(C(=O)Nc2cccc(C(=O)OCCl)c2)c(C(=O)NC(C)C)n1. The normalized spacial score (nSPS) is 10.4. The molecule has 2 rings (SSSR count). The van der Waals surface area contributed by atoms with Crippen molar-refractivity contribution in [1.29, 1.82) is 0 Å². The Labute approximate surface area is 162 Å². The molecule has 142 valence electrons. The summed E-state index contributed by atoms with van der Waals surface area (Å²) in [6.07, 6.45) is 0. The van der Waals surface area contributed by atoms with Crippen molar-refractivity contribution >= 4 is 35.1 Å². The average Bonchev–Trinajstić information content (AvgIpc) is 2.61. The fourth-order valence-electron chi connectivity index (χ4n) is 2.30. The smallest absolute Gasteiger partial charge is 0.339 e. The van der Waals surface area contributed by atoms with Crippen molar-refractivity contribution in [1.82, 2.24) is 10.3 Å². The van der Waals surface area contributed by atoms with Crippen LogP contribution in [0.5, 0.6) is 0 Å². The lowest BCUT2D eigenvalue weighted by Crippen LogP contribution is -2.33. The number of alkyl halides is 1.